The fourth-order valence-electron chi connectivity index (χ4n) is 6.49. The molecule has 0 spiro atoms. The van der Waals surface area contributed by atoms with Crippen LogP contribution in [0.15, 0.2) is 41.4 Å². The number of amides is 1. The minimum absolute atomic E-state index is 0.0203. The first-order valence-electron chi connectivity index (χ1n) is 14.8. The van der Waals surface area contributed by atoms with Crippen molar-refractivity contribution in [2.45, 2.75) is 39.8 Å². The number of piperazine rings is 1. The Kier molecular flexibility index (Phi) is 9.59. The van der Waals surface area contributed by atoms with Crippen LogP contribution in [0.3, 0.4) is 0 Å². The molecule has 2 N–H and O–H groups in total. The van der Waals surface area contributed by atoms with Crippen molar-refractivity contribution >= 4 is 80.4 Å². The molecule has 2 aliphatic rings. The molecule has 2 atom stereocenters. The van der Waals surface area contributed by atoms with Gasteiger partial charge in [0, 0.05) is 38.1 Å². The zero-order valence-electron chi connectivity index (χ0n) is 26.3. The Morgan fingerprint density at radius 1 is 1.21 bits per heavy atom. The Morgan fingerprint density at radius 3 is 2.49 bits per heavy atom. The number of nitrogens with two attached hydrogens (primary N) is 1. The van der Waals surface area contributed by atoms with E-state index in [9.17, 15) is 14.9 Å². The second-order valence-electron chi connectivity index (χ2n) is 12.0. The third-order valence-electron chi connectivity index (χ3n) is 8.68. The van der Waals surface area contributed by atoms with E-state index in [2.05, 4.69) is 12.6 Å². The van der Waals surface area contributed by atoms with E-state index in [1.165, 1.54) is 16.7 Å². The van der Waals surface area contributed by atoms with Crippen LogP contribution >= 0.6 is 46.4 Å². The topological polar surface area (TPSA) is 111 Å². The molecule has 4 heterocycles. The molecule has 0 saturated carbocycles. The fourth-order valence-corrected chi connectivity index (χ4v) is 7.42. The highest BCUT2D eigenvalue weighted by atomic mass is 35.5. The highest BCUT2D eigenvalue weighted by Gasteiger charge is 2.35. The van der Waals surface area contributed by atoms with Crippen molar-refractivity contribution in [3.05, 3.63) is 78.4 Å². The number of hydrogen-bond acceptors (Lipinski definition) is 7. The first-order chi connectivity index (χ1) is 22.2. The minimum Gasteiger partial charge on any atom is -0.395 e. The highest BCUT2D eigenvalue weighted by Crippen LogP contribution is 2.47. The highest BCUT2D eigenvalue weighted by molar-refractivity contribution is 6.50. The smallest absolute Gasteiger partial charge is 0.276 e. The molecular formula is C33H32Cl4FN7O2. The molecule has 0 radical (unpaired) electrons. The lowest BCUT2D eigenvalue weighted by atomic mass is 9.93. The lowest BCUT2D eigenvalue weighted by molar-refractivity contribution is -0.128. The van der Waals surface area contributed by atoms with Crippen LogP contribution in [-0.2, 0) is 4.79 Å². The average molecular weight is 719 g/mol. The monoisotopic (exact) mass is 717 g/mol. The van der Waals surface area contributed by atoms with Crippen LogP contribution in [0.2, 0.25) is 20.1 Å². The van der Waals surface area contributed by atoms with Crippen molar-refractivity contribution in [2.24, 2.45) is 5.92 Å². The van der Waals surface area contributed by atoms with Gasteiger partial charge >= 0.3 is 0 Å². The van der Waals surface area contributed by atoms with Gasteiger partial charge in [-0.2, -0.15) is 5.26 Å². The summed E-state index contributed by atoms with van der Waals surface area (Å²) in [5.74, 6) is -1.18. The maximum Gasteiger partial charge on any atom is 0.276 e. The molecule has 1 amide bonds. The molecule has 14 heteroatoms. The number of nitriles is 1. The number of nitrogen functional groups attached to an aromatic ring is 1. The maximum absolute atomic E-state index is 15.8. The second-order valence-corrected chi connectivity index (χ2v) is 13.5. The lowest BCUT2D eigenvalue weighted by Gasteiger charge is -2.41. The first kappa shape index (κ1) is 34.6. The van der Waals surface area contributed by atoms with Gasteiger partial charge in [-0.15, -0.1) is 0 Å². The molecule has 0 aliphatic carbocycles. The van der Waals surface area contributed by atoms with E-state index in [4.69, 9.17) is 57.1 Å². The summed E-state index contributed by atoms with van der Waals surface area (Å²) in [5, 5.41) is 10.2. The number of rotatable bonds is 5. The van der Waals surface area contributed by atoms with Gasteiger partial charge in [-0.1, -0.05) is 66.8 Å². The number of likely N-dealkylation sites (N-methyl/N-ethyl adjacent to an activating group) is 1. The predicted octanol–water partition coefficient (Wildman–Crippen LogP) is 7.21. The Labute approximate surface area is 291 Å². The van der Waals surface area contributed by atoms with Gasteiger partial charge in [0.25, 0.3) is 5.56 Å². The van der Waals surface area contributed by atoms with E-state index >= 15 is 4.39 Å². The van der Waals surface area contributed by atoms with E-state index in [-0.39, 0.29) is 66.5 Å². The number of benzene rings is 1. The normalized spacial score (nSPS) is 18.4. The van der Waals surface area contributed by atoms with E-state index < -0.39 is 17.1 Å². The van der Waals surface area contributed by atoms with E-state index in [1.54, 1.807) is 4.90 Å². The van der Waals surface area contributed by atoms with Crippen molar-refractivity contribution < 1.29 is 9.18 Å². The van der Waals surface area contributed by atoms with Gasteiger partial charge in [0.1, 0.15) is 17.3 Å². The van der Waals surface area contributed by atoms with E-state index in [0.717, 1.165) is 5.57 Å². The number of aromatic nitrogens is 2. The molecule has 3 aromatic rings. The van der Waals surface area contributed by atoms with Crippen LogP contribution in [0.5, 0.6) is 0 Å². The number of carbonyl (C=O) groups is 1. The third-order valence-corrected chi connectivity index (χ3v) is 10.3. The number of pyridine rings is 2. The van der Waals surface area contributed by atoms with Crippen LogP contribution in [0.25, 0.3) is 28.0 Å². The van der Waals surface area contributed by atoms with Crippen molar-refractivity contribution in [2.75, 3.05) is 37.3 Å². The number of fused-ring (bicyclic) bond motifs is 1. The van der Waals surface area contributed by atoms with Gasteiger partial charge in [0.15, 0.2) is 5.82 Å². The zero-order chi connectivity index (χ0) is 34.6. The average Bonchev–Trinajstić information content (AvgIpc) is 3.03. The maximum atomic E-state index is 15.8. The molecule has 246 valence electrons. The van der Waals surface area contributed by atoms with Crippen molar-refractivity contribution in [3.8, 4) is 17.3 Å². The van der Waals surface area contributed by atoms with Crippen LogP contribution in [0.1, 0.15) is 33.3 Å². The molecule has 47 heavy (non-hydrogen) atoms. The number of hydrogen-bond donors (Lipinski definition) is 1. The second kappa shape index (κ2) is 13.0. The molecule has 5 rings (SSSR count). The molecule has 1 saturated heterocycles. The molecule has 1 fully saturated rings. The summed E-state index contributed by atoms with van der Waals surface area (Å²) in [6.07, 6.45) is 5.05. The van der Waals surface area contributed by atoms with Crippen molar-refractivity contribution in [1.82, 2.24) is 19.4 Å². The Bertz CT molecular complexity index is 1990. The number of nitrogens with zero attached hydrogens (tertiary/aromatic N) is 6. The summed E-state index contributed by atoms with van der Waals surface area (Å²) in [4.78, 5) is 37.5. The van der Waals surface area contributed by atoms with Crippen molar-refractivity contribution in [1.29, 1.82) is 5.26 Å². The summed E-state index contributed by atoms with van der Waals surface area (Å²) in [5.41, 5.74) is 6.16. The van der Waals surface area contributed by atoms with Crippen LogP contribution in [-0.4, -0.2) is 64.0 Å². The molecule has 2 aliphatic heterocycles. The third kappa shape index (κ3) is 5.63. The summed E-state index contributed by atoms with van der Waals surface area (Å²) in [6.45, 7) is 12.3. The summed E-state index contributed by atoms with van der Waals surface area (Å²) in [7, 11) is 1.90. The van der Waals surface area contributed by atoms with Crippen molar-refractivity contribution in [3.63, 3.8) is 0 Å². The van der Waals surface area contributed by atoms with E-state index in [0.29, 0.717) is 36.4 Å². The number of anilines is 2. The van der Waals surface area contributed by atoms with Gasteiger partial charge in [0.2, 0.25) is 5.91 Å². The Hall–Kier alpha value is -3.75. The first-order valence-corrected chi connectivity index (χ1v) is 16.3. The standard InChI is InChI=1S/C33H32Cl4FN7O2/c1-7-21(46)44-11-10-43(14-17(44)5)31-18-12-20(34)28(22-23(35)24(36)25(37)27(40)26(22)38)41-32(18)45(33(47)19(31)13-39)30-16(4)8-9-42(6)29(30)15(2)3/h7-9,12,15,17,29H,1,10-11,14,40H2,2-6H3/t17-,29?/m1/s1. The number of carbonyl (C=O) groups excluding carboxylic acids is 1. The Morgan fingerprint density at radius 2 is 1.89 bits per heavy atom. The fraction of sp³-hybridized carbons (Fsp3) is 0.333. The molecule has 1 aromatic carbocycles. The number of halogens is 5. The quantitative estimate of drug-likeness (QED) is 0.129. The Balaban J connectivity index is 1.92. The lowest BCUT2D eigenvalue weighted by Crippen LogP contribution is -2.54. The molecule has 2 aromatic heterocycles. The van der Waals surface area contributed by atoms with Gasteiger partial charge in [0.05, 0.1) is 54.5 Å². The van der Waals surface area contributed by atoms with Gasteiger partial charge < -0.3 is 20.4 Å². The van der Waals surface area contributed by atoms with Gasteiger partial charge in [-0.25, -0.2) is 9.37 Å². The summed E-state index contributed by atoms with van der Waals surface area (Å²) in [6, 6.07) is 3.10. The molecule has 1 unspecified atom stereocenters. The van der Waals surface area contributed by atoms with Gasteiger partial charge in [-0.05, 0) is 49.8 Å². The van der Waals surface area contributed by atoms with E-state index in [1.807, 2.05) is 56.8 Å². The van der Waals surface area contributed by atoms with Crippen LogP contribution in [0.4, 0.5) is 15.8 Å². The zero-order valence-corrected chi connectivity index (χ0v) is 29.4. The largest absolute Gasteiger partial charge is 0.395 e. The molecular weight excluding hydrogens is 687 g/mol. The van der Waals surface area contributed by atoms with Gasteiger partial charge in [-0.3, -0.25) is 14.2 Å². The molecule has 0 bridgehead atoms. The predicted molar refractivity (Wildman–Crippen MR) is 189 cm³/mol. The van der Waals surface area contributed by atoms with Crippen LogP contribution in [0, 0.1) is 23.1 Å². The summed E-state index contributed by atoms with van der Waals surface area (Å²) >= 11 is 25.9. The minimum atomic E-state index is -0.978. The molecule has 9 nitrogen and oxygen atoms in total. The number of allylic oxidation sites excluding steroid dienone is 2. The summed E-state index contributed by atoms with van der Waals surface area (Å²) < 4.78 is 17.2. The SMILES string of the molecule is C=CC(=O)N1CCN(c2c(C#N)c(=O)n(C3=C(C)C=CN(C)C3C(C)C)c3nc(-c4c(F)c(N)c(Cl)c(Cl)c4Cl)c(Cl)cc23)C[C@H]1C. The van der Waals surface area contributed by atoms with Crippen LogP contribution < -0.4 is 16.2 Å².